The van der Waals surface area contributed by atoms with E-state index in [0.717, 1.165) is 5.56 Å². The lowest BCUT2D eigenvalue weighted by molar-refractivity contribution is -0.182. The number of nitrogens with zero attached hydrogens (tertiary/aromatic N) is 1. The minimum Gasteiger partial charge on any atom is -0.295 e. The highest BCUT2D eigenvalue weighted by molar-refractivity contribution is 5.90. The molecule has 100 valence electrons. The molecule has 0 unspecified atom stereocenters. The number of benzene rings is 1. The summed E-state index contributed by atoms with van der Waals surface area (Å²) in [6.45, 7) is 4.00. The summed E-state index contributed by atoms with van der Waals surface area (Å²) in [6, 6.07) is 12.9. The first-order valence-corrected chi connectivity index (χ1v) is 6.15. The lowest BCUT2D eigenvalue weighted by atomic mass is 10.1. The van der Waals surface area contributed by atoms with Crippen LogP contribution in [0.1, 0.15) is 35.5 Å². The molecule has 2 aromatic rings. The fraction of sp³-hybridized carbons (Fsp3) is 0.200. The molecule has 1 heterocycles. The second-order valence-corrected chi connectivity index (χ2v) is 3.54. The van der Waals surface area contributed by atoms with Gasteiger partial charge in [-0.15, -0.1) is 0 Å². The third kappa shape index (κ3) is 4.19. The molecule has 4 nitrogen and oxygen atoms in total. The van der Waals surface area contributed by atoms with Gasteiger partial charge in [-0.25, -0.2) is 4.79 Å². The summed E-state index contributed by atoms with van der Waals surface area (Å²) in [4.78, 5) is 19.2. The minimum atomic E-state index is -0.788. The molecule has 0 saturated heterocycles. The van der Waals surface area contributed by atoms with Gasteiger partial charge in [0.1, 0.15) is 0 Å². The molecule has 0 radical (unpaired) electrons. The first-order valence-electron chi connectivity index (χ1n) is 6.15. The number of hydrogen-bond donors (Lipinski definition) is 1. The van der Waals surface area contributed by atoms with Crippen molar-refractivity contribution in [2.24, 2.45) is 0 Å². The van der Waals surface area contributed by atoms with Crippen molar-refractivity contribution in [1.29, 1.82) is 0 Å². The van der Waals surface area contributed by atoms with Crippen LogP contribution < -0.4 is 0 Å². The van der Waals surface area contributed by atoms with Gasteiger partial charge >= 0.3 is 5.97 Å². The average molecular weight is 259 g/mol. The van der Waals surface area contributed by atoms with E-state index in [0.29, 0.717) is 12.1 Å². The van der Waals surface area contributed by atoms with E-state index < -0.39 is 5.97 Å². The van der Waals surface area contributed by atoms with Crippen LogP contribution in [0.2, 0.25) is 0 Å². The maximum atomic E-state index is 11.3. The van der Waals surface area contributed by atoms with Gasteiger partial charge in [-0.05, 0) is 17.7 Å². The van der Waals surface area contributed by atoms with Crippen LogP contribution >= 0.6 is 0 Å². The van der Waals surface area contributed by atoms with Gasteiger partial charge in [0.05, 0.1) is 11.3 Å². The Balaban J connectivity index is 0.000000861. The highest BCUT2D eigenvalue weighted by Crippen LogP contribution is 2.12. The predicted octanol–water partition coefficient (Wildman–Crippen LogP) is 3.33. The molecule has 0 fully saturated rings. The van der Waals surface area contributed by atoms with Gasteiger partial charge in [-0.2, -0.15) is 5.26 Å². The van der Waals surface area contributed by atoms with Gasteiger partial charge in [0.25, 0.3) is 0 Å². The quantitative estimate of drug-likeness (QED) is 0.678. The number of pyridine rings is 1. The molecule has 1 aromatic heterocycles. The van der Waals surface area contributed by atoms with Crippen LogP contribution in [0, 0.1) is 0 Å². The Labute approximate surface area is 112 Å². The Morgan fingerprint density at radius 2 is 1.84 bits per heavy atom. The molecule has 2 rings (SSSR count). The van der Waals surface area contributed by atoms with Gasteiger partial charge in [0.15, 0.2) is 0 Å². The fourth-order valence-electron chi connectivity index (χ4n) is 1.60. The lowest BCUT2D eigenvalue weighted by Crippen LogP contribution is -2.08. The SMILES string of the molecule is CC.O=C(OO)c1cccnc1Cc1ccccc1. The van der Waals surface area contributed by atoms with Gasteiger partial charge in [-0.3, -0.25) is 9.87 Å². The Kier molecular flexibility index (Phi) is 6.26. The van der Waals surface area contributed by atoms with Gasteiger partial charge in [0, 0.05) is 12.6 Å². The average Bonchev–Trinajstić information content (AvgIpc) is 2.50. The number of carbonyl (C=O) groups excluding carboxylic acids is 1. The second kappa shape index (κ2) is 8.00. The van der Waals surface area contributed by atoms with Crippen LogP contribution in [-0.2, 0) is 11.3 Å². The number of rotatable bonds is 3. The van der Waals surface area contributed by atoms with Crippen molar-refractivity contribution in [2.45, 2.75) is 20.3 Å². The molecule has 1 aromatic carbocycles. The van der Waals surface area contributed by atoms with Crippen LogP contribution in [0.3, 0.4) is 0 Å². The number of hydrogen-bond acceptors (Lipinski definition) is 4. The van der Waals surface area contributed by atoms with Crippen molar-refractivity contribution < 1.29 is 14.9 Å². The van der Waals surface area contributed by atoms with Crippen LogP contribution in [0.25, 0.3) is 0 Å². The van der Waals surface area contributed by atoms with Crippen molar-refractivity contribution in [3.63, 3.8) is 0 Å². The maximum Gasteiger partial charge on any atom is 0.374 e. The molecule has 4 heteroatoms. The number of aromatic nitrogens is 1. The summed E-state index contributed by atoms with van der Waals surface area (Å²) in [5.74, 6) is -0.788. The predicted molar refractivity (Wildman–Crippen MR) is 72.9 cm³/mol. The summed E-state index contributed by atoms with van der Waals surface area (Å²) in [5.41, 5.74) is 1.90. The molecule has 0 bridgehead atoms. The molecule has 0 aliphatic heterocycles. The molecule has 1 N–H and O–H groups in total. The van der Waals surface area contributed by atoms with Crippen molar-refractivity contribution in [2.75, 3.05) is 0 Å². The zero-order valence-corrected chi connectivity index (χ0v) is 11.0. The van der Waals surface area contributed by atoms with E-state index in [1.165, 1.54) is 0 Å². The normalized spacial score (nSPS) is 9.21. The molecule has 0 saturated carbocycles. The first kappa shape index (κ1) is 14.9. The van der Waals surface area contributed by atoms with Gasteiger partial charge in [0.2, 0.25) is 0 Å². The second-order valence-electron chi connectivity index (χ2n) is 3.54. The Hall–Kier alpha value is -2.20. The highest BCUT2D eigenvalue weighted by Gasteiger charge is 2.13. The Morgan fingerprint density at radius 3 is 2.47 bits per heavy atom. The third-order valence-corrected chi connectivity index (χ3v) is 2.41. The Bertz CT molecular complexity index is 512. The summed E-state index contributed by atoms with van der Waals surface area (Å²) in [6.07, 6.45) is 2.12. The van der Waals surface area contributed by atoms with E-state index in [1.54, 1.807) is 18.3 Å². The van der Waals surface area contributed by atoms with E-state index in [9.17, 15) is 4.79 Å². The van der Waals surface area contributed by atoms with Crippen molar-refractivity contribution >= 4 is 5.97 Å². The monoisotopic (exact) mass is 259 g/mol. The van der Waals surface area contributed by atoms with Gasteiger partial charge < -0.3 is 0 Å². The summed E-state index contributed by atoms with van der Waals surface area (Å²) in [5, 5.41) is 8.40. The van der Waals surface area contributed by atoms with Gasteiger partial charge in [-0.1, -0.05) is 44.2 Å². The lowest BCUT2D eigenvalue weighted by Gasteiger charge is -2.05. The van der Waals surface area contributed by atoms with E-state index in [1.807, 2.05) is 44.2 Å². The fourth-order valence-corrected chi connectivity index (χ4v) is 1.60. The minimum absolute atomic E-state index is 0.277. The molecule has 19 heavy (non-hydrogen) atoms. The molecule has 0 spiro atoms. The van der Waals surface area contributed by atoms with Crippen molar-refractivity contribution in [3.8, 4) is 0 Å². The standard InChI is InChI=1S/C13H11NO3.C2H6/c15-13(17-16)11-7-4-8-14-12(11)9-10-5-2-1-3-6-10;1-2/h1-8,16H,9H2;1-2H3. The topological polar surface area (TPSA) is 59.4 Å². The molecule has 0 amide bonds. The van der Waals surface area contributed by atoms with E-state index >= 15 is 0 Å². The number of carbonyl (C=O) groups is 1. The highest BCUT2D eigenvalue weighted by atomic mass is 17.1. The van der Waals surface area contributed by atoms with E-state index in [4.69, 9.17) is 5.26 Å². The first-order chi connectivity index (χ1) is 9.31. The summed E-state index contributed by atoms with van der Waals surface area (Å²) >= 11 is 0. The van der Waals surface area contributed by atoms with Crippen LogP contribution in [-0.4, -0.2) is 16.2 Å². The van der Waals surface area contributed by atoms with E-state index in [2.05, 4.69) is 9.87 Å². The zero-order chi connectivity index (χ0) is 14.1. The zero-order valence-electron chi connectivity index (χ0n) is 11.0. The molecule has 0 atom stereocenters. The molecule has 0 aliphatic rings. The molecule has 0 aliphatic carbocycles. The third-order valence-electron chi connectivity index (χ3n) is 2.41. The molecular formula is C15H17NO3. The van der Waals surface area contributed by atoms with Crippen molar-refractivity contribution in [1.82, 2.24) is 4.98 Å². The Morgan fingerprint density at radius 1 is 1.16 bits per heavy atom. The van der Waals surface area contributed by atoms with Crippen molar-refractivity contribution in [3.05, 3.63) is 65.5 Å². The van der Waals surface area contributed by atoms with Crippen LogP contribution in [0.5, 0.6) is 0 Å². The largest absolute Gasteiger partial charge is 0.374 e. The maximum absolute atomic E-state index is 11.3. The van der Waals surface area contributed by atoms with Crippen LogP contribution in [0.15, 0.2) is 48.7 Å². The summed E-state index contributed by atoms with van der Waals surface area (Å²) < 4.78 is 0. The van der Waals surface area contributed by atoms with E-state index in [-0.39, 0.29) is 5.56 Å². The van der Waals surface area contributed by atoms with Crippen LogP contribution in [0.4, 0.5) is 0 Å². The smallest absolute Gasteiger partial charge is 0.295 e. The molecular weight excluding hydrogens is 242 g/mol. The summed E-state index contributed by atoms with van der Waals surface area (Å²) in [7, 11) is 0.